The molecule has 0 fully saturated rings. The summed E-state index contributed by atoms with van der Waals surface area (Å²) >= 11 is 3.39. The number of hydrogen-bond donors (Lipinski definition) is 0. The number of ketones is 1. The summed E-state index contributed by atoms with van der Waals surface area (Å²) in [6, 6.07) is 5.47. The van der Waals surface area contributed by atoms with E-state index in [1.165, 1.54) is 0 Å². The highest BCUT2D eigenvalue weighted by Gasteiger charge is 2.27. The third kappa shape index (κ3) is 3.39. The van der Waals surface area contributed by atoms with E-state index in [0.717, 1.165) is 18.4 Å². The Morgan fingerprint density at radius 1 is 1.45 bits per heavy atom. The van der Waals surface area contributed by atoms with Crippen LogP contribution >= 0.6 is 15.9 Å². The van der Waals surface area contributed by atoms with Crippen LogP contribution < -0.4 is 4.74 Å². The van der Waals surface area contributed by atoms with Crippen LogP contribution in [0, 0.1) is 0 Å². The van der Waals surface area contributed by atoms with Gasteiger partial charge >= 0.3 is 5.97 Å². The molecule has 0 heterocycles. The number of alkyl halides is 1. The first-order valence-corrected chi connectivity index (χ1v) is 7.63. The number of carbonyl (C=O) groups is 2. The minimum absolute atomic E-state index is 0.0992. The number of hydrogen-bond acceptors (Lipinski definition) is 4. The van der Waals surface area contributed by atoms with Gasteiger partial charge in [0.1, 0.15) is 5.75 Å². The van der Waals surface area contributed by atoms with Crippen molar-refractivity contribution in [2.45, 2.75) is 31.0 Å². The quantitative estimate of drug-likeness (QED) is 0.610. The number of esters is 1. The van der Waals surface area contributed by atoms with Crippen molar-refractivity contribution < 1.29 is 19.1 Å². The smallest absolute Gasteiger partial charge is 0.309 e. The van der Waals surface area contributed by atoms with Gasteiger partial charge in [-0.3, -0.25) is 9.59 Å². The maximum atomic E-state index is 12.1. The fraction of sp³-hybridized carbons (Fsp3) is 0.467. The molecule has 1 aliphatic rings. The molecule has 1 atom stereocenters. The molecule has 0 N–H and O–H groups in total. The Hall–Kier alpha value is -1.36. The molecule has 0 bridgehead atoms. The van der Waals surface area contributed by atoms with Crippen LogP contribution in [0.2, 0.25) is 0 Å². The number of benzene rings is 1. The standard InChI is InChI=1S/C15H17BrO4/c1-2-19-14(17)8-9-20-13-5-3-4-11-10(13)6-7-12(16)15(11)18/h3-5,12H,2,6-9H2,1H3. The summed E-state index contributed by atoms with van der Waals surface area (Å²) in [6.45, 7) is 2.41. The molecule has 1 unspecified atom stereocenters. The Bertz CT molecular complexity index is 513. The Balaban J connectivity index is 2.03. The number of ether oxygens (including phenoxy) is 2. The van der Waals surface area contributed by atoms with Crippen LogP contribution in [0.4, 0.5) is 0 Å². The second-order valence-electron chi connectivity index (χ2n) is 4.56. The van der Waals surface area contributed by atoms with E-state index in [4.69, 9.17) is 9.47 Å². The molecule has 5 heteroatoms. The summed E-state index contributed by atoms with van der Waals surface area (Å²) in [4.78, 5) is 23.2. The molecule has 1 aliphatic carbocycles. The summed E-state index contributed by atoms with van der Waals surface area (Å²) in [5.41, 5.74) is 1.66. The van der Waals surface area contributed by atoms with Gasteiger partial charge < -0.3 is 9.47 Å². The van der Waals surface area contributed by atoms with E-state index in [1.54, 1.807) is 6.92 Å². The molecule has 0 aromatic heterocycles. The van der Waals surface area contributed by atoms with Crippen LogP contribution in [-0.4, -0.2) is 29.8 Å². The molecular formula is C15H17BrO4. The zero-order chi connectivity index (χ0) is 14.5. The topological polar surface area (TPSA) is 52.6 Å². The van der Waals surface area contributed by atoms with Gasteiger partial charge in [0, 0.05) is 11.1 Å². The first kappa shape index (κ1) is 15.0. The fourth-order valence-electron chi connectivity index (χ4n) is 2.24. The predicted molar refractivity (Wildman–Crippen MR) is 78.6 cm³/mol. The van der Waals surface area contributed by atoms with E-state index in [-0.39, 0.29) is 29.6 Å². The number of fused-ring (bicyclic) bond motifs is 1. The summed E-state index contributed by atoms with van der Waals surface area (Å²) < 4.78 is 10.5. The van der Waals surface area contributed by atoms with Crippen molar-refractivity contribution in [1.29, 1.82) is 0 Å². The van der Waals surface area contributed by atoms with Gasteiger partial charge in [0.25, 0.3) is 0 Å². The van der Waals surface area contributed by atoms with Gasteiger partial charge in [-0.05, 0) is 25.8 Å². The molecule has 1 aromatic rings. The van der Waals surface area contributed by atoms with Gasteiger partial charge in [-0.15, -0.1) is 0 Å². The van der Waals surface area contributed by atoms with E-state index in [2.05, 4.69) is 15.9 Å². The average Bonchev–Trinajstić information content (AvgIpc) is 2.43. The SMILES string of the molecule is CCOC(=O)CCOc1cccc2c1CCC(Br)C2=O. The maximum Gasteiger partial charge on any atom is 0.309 e. The molecule has 0 aliphatic heterocycles. The van der Waals surface area contributed by atoms with Crippen LogP contribution in [0.5, 0.6) is 5.75 Å². The lowest BCUT2D eigenvalue weighted by Crippen LogP contribution is -2.23. The van der Waals surface area contributed by atoms with Crippen molar-refractivity contribution in [2.75, 3.05) is 13.2 Å². The third-order valence-electron chi connectivity index (χ3n) is 3.20. The number of halogens is 1. The van der Waals surface area contributed by atoms with Crippen molar-refractivity contribution >= 4 is 27.7 Å². The third-order valence-corrected chi connectivity index (χ3v) is 4.07. The van der Waals surface area contributed by atoms with Crippen molar-refractivity contribution in [1.82, 2.24) is 0 Å². The molecule has 4 nitrogen and oxygen atoms in total. The Morgan fingerprint density at radius 3 is 3.00 bits per heavy atom. The fourth-order valence-corrected chi connectivity index (χ4v) is 2.71. The Morgan fingerprint density at radius 2 is 2.25 bits per heavy atom. The Kier molecular flexibility index (Phi) is 5.17. The molecule has 0 spiro atoms. The van der Waals surface area contributed by atoms with Crippen molar-refractivity contribution in [3.8, 4) is 5.75 Å². The minimum Gasteiger partial charge on any atom is -0.493 e. The lowest BCUT2D eigenvalue weighted by atomic mass is 9.90. The molecule has 108 valence electrons. The summed E-state index contributed by atoms with van der Waals surface area (Å²) in [6.07, 6.45) is 1.78. The lowest BCUT2D eigenvalue weighted by molar-refractivity contribution is -0.143. The average molecular weight is 341 g/mol. The molecule has 0 saturated heterocycles. The molecule has 1 aromatic carbocycles. The second kappa shape index (κ2) is 6.88. The molecule has 0 saturated carbocycles. The van der Waals surface area contributed by atoms with Crippen LogP contribution in [0.25, 0.3) is 0 Å². The van der Waals surface area contributed by atoms with Crippen LogP contribution in [0.1, 0.15) is 35.7 Å². The molecule has 0 radical (unpaired) electrons. The summed E-state index contributed by atoms with van der Waals surface area (Å²) in [7, 11) is 0. The predicted octanol–water partition coefficient (Wildman–Crippen LogP) is 2.91. The van der Waals surface area contributed by atoms with Gasteiger partial charge in [0.2, 0.25) is 0 Å². The van der Waals surface area contributed by atoms with Gasteiger partial charge in [-0.1, -0.05) is 28.1 Å². The summed E-state index contributed by atoms with van der Waals surface area (Å²) in [5, 5.41) is 0. The van der Waals surface area contributed by atoms with Crippen molar-refractivity contribution in [2.24, 2.45) is 0 Å². The number of rotatable bonds is 5. The zero-order valence-corrected chi connectivity index (χ0v) is 12.9. The van der Waals surface area contributed by atoms with E-state index >= 15 is 0 Å². The highest BCUT2D eigenvalue weighted by Crippen LogP contribution is 2.32. The first-order valence-electron chi connectivity index (χ1n) is 6.72. The largest absolute Gasteiger partial charge is 0.493 e. The minimum atomic E-state index is -0.270. The van der Waals surface area contributed by atoms with E-state index in [1.807, 2.05) is 18.2 Å². The van der Waals surface area contributed by atoms with Gasteiger partial charge in [0.05, 0.1) is 24.5 Å². The highest BCUT2D eigenvalue weighted by molar-refractivity contribution is 9.10. The first-order chi connectivity index (χ1) is 9.63. The highest BCUT2D eigenvalue weighted by atomic mass is 79.9. The maximum absolute atomic E-state index is 12.1. The molecule has 2 rings (SSSR count). The van der Waals surface area contributed by atoms with E-state index in [0.29, 0.717) is 17.9 Å². The van der Waals surface area contributed by atoms with E-state index in [9.17, 15) is 9.59 Å². The van der Waals surface area contributed by atoms with Crippen molar-refractivity contribution in [3.63, 3.8) is 0 Å². The lowest BCUT2D eigenvalue weighted by Gasteiger charge is -2.21. The zero-order valence-electron chi connectivity index (χ0n) is 11.4. The molecular weight excluding hydrogens is 324 g/mol. The van der Waals surface area contributed by atoms with E-state index < -0.39 is 0 Å². The summed E-state index contributed by atoms with van der Waals surface area (Å²) in [5.74, 6) is 0.524. The Labute approximate surface area is 126 Å². The van der Waals surface area contributed by atoms with Gasteiger partial charge in [-0.2, -0.15) is 0 Å². The van der Waals surface area contributed by atoms with Gasteiger partial charge in [0.15, 0.2) is 5.78 Å². The molecule has 20 heavy (non-hydrogen) atoms. The monoisotopic (exact) mass is 340 g/mol. The number of Topliss-reactive ketones (excluding diaryl/α,β-unsaturated/α-hetero) is 1. The van der Waals surface area contributed by atoms with Crippen LogP contribution in [-0.2, 0) is 16.0 Å². The van der Waals surface area contributed by atoms with Crippen LogP contribution in [0.3, 0.4) is 0 Å². The second-order valence-corrected chi connectivity index (χ2v) is 5.66. The number of carbonyl (C=O) groups excluding carboxylic acids is 2. The molecule has 0 amide bonds. The van der Waals surface area contributed by atoms with Crippen LogP contribution in [0.15, 0.2) is 18.2 Å². The van der Waals surface area contributed by atoms with Gasteiger partial charge in [-0.25, -0.2) is 0 Å². The van der Waals surface area contributed by atoms with Crippen molar-refractivity contribution in [3.05, 3.63) is 29.3 Å². The normalized spacial score (nSPS) is 17.5.